The number of nitrogens with two attached hydrogens (primary N) is 1. The van der Waals surface area contributed by atoms with Gasteiger partial charge in [0, 0.05) is 19.5 Å². The normalized spacial score (nSPS) is 29.9. The van der Waals surface area contributed by atoms with Crippen LogP contribution in [0.15, 0.2) is 0 Å². The van der Waals surface area contributed by atoms with Crippen molar-refractivity contribution in [3.63, 3.8) is 0 Å². The topological polar surface area (TPSA) is 49.6 Å². The lowest BCUT2D eigenvalue weighted by Gasteiger charge is -2.40. The SMILES string of the molecule is CN1CCC(C)(CN2CC(CN)CC2=O)CC1. The Labute approximate surface area is 104 Å². The van der Waals surface area contributed by atoms with Crippen LogP contribution in [0.4, 0.5) is 0 Å². The summed E-state index contributed by atoms with van der Waals surface area (Å²) >= 11 is 0. The highest BCUT2D eigenvalue weighted by molar-refractivity contribution is 5.78. The minimum Gasteiger partial charge on any atom is -0.342 e. The van der Waals surface area contributed by atoms with Gasteiger partial charge in [0.25, 0.3) is 0 Å². The van der Waals surface area contributed by atoms with Crippen molar-refractivity contribution in [3.05, 3.63) is 0 Å². The van der Waals surface area contributed by atoms with E-state index in [9.17, 15) is 4.79 Å². The van der Waals surface area contributed by atoms with Gasteiger partial charge >= 0.3 is 0 Å². The number of nitrogens with zero attached hydrogens (tertiary/aromatic N) is 2. The third-order valence-corrected chi connectivity index (χ3v) is 4.39. The van der Waals surface area contributed by atoms with Crippen LogP contribution >= 0.6 is 0 Å². The number of likely N-dealkylation sites (tertiary alicyclic amines) is 2. The summed E-state index contributed by atoms with van der Waals surface area (Å²) in [7, 11) is 2.17. The molecular weight excluding hydrogens is 214 g/mol. The number of hydrogen-bond donors (Lipinski definition) is 1. The molecule has 17 heavy (non-hydrogen) atoms. The summed E-state index contributed by atoms with van der Waals surface area (Å²) in [6.07, 6.45) is 3.05. The lowest BCUT2D eigenvalue weighted by molar-refractivity contribution is -0.129. The first kappa shape index (κ1) is 12.8. The largest absolute Gasteiger partial charge is 0.342 e. The molecule has 0 spiro atoms. The second-order valence-electron chi connectivity index (χ2n) is 6.19. The standard InChI is InChI=1S/C13H25N3O/c1-13(3-5-15(2)6-4-13)10-16-9-11(8-14)7-12(16)17/h11H,3-10,14H2,1-2H3. The van der Waals surface area contributed by atoms with Gasteiger partial charge in [-0.3, -0.25) is 4.79 Å². The molecule has 0 aliphatic carbocycles. The first-order valence-corrected chi connectivity index (χ1v) is 6.69. The van der Waals surface area contributed by atoms with Crippen LogP contribution in [0.5, 0.6) is 0 Å². The molecule has 4 nitrogen and oxygen atoms in total. The minimum atomic E-state index is 0.306. The Morgan fingerprint density at radius 3 is 2.59 bits per heavy atom. The first-order valence-electron chi connectivity index (χ1n) is 6.69. The predicted octanol–water partition coefficient (Wildman–Crippen LogP) is 0.526. The molecule has 2 aliphatic heterocycles. The lowest BCUT2D eigenvalue weighted by atomic mass is 9.80. The Bertz CT molecular complexity index is 284. The van der Waals surface area contributed by atoms with Crippen LogP contribution in [-0.4, -0.2) is 55.5 Å². The average Bonchev–Trinajstić information content (AvgIpc) is 2.64. The molecular formula is C13H25N3O. The summed E-state index contributed by atoms with van der Waals surface area (Å²) in [6.45, 7) is 7.07. The van der Waals surface area contributed by atoms with Crippen molar-refractivity contribution < 1.29 is 4.79 Å². The molecule has 0 aromatic heterocycles. The monoisotopic (exact) mass is 239 g/mol. The molecule has 0 radical (unpaired) electrons. The van der Waals surface area contributed by atoms with E-state index in [1.807, 2.05) is 4.90 Å². The Morgan fingerprint density at radius 1 is 1.41 bits per heavy atom. The van der Waals surface area contributed by atoms with Gasteiger partial charge in [0.05, 0.1) is 0 Å². The molecule has 2 saturated heterocycles. The van der Waals surface area contributed by atoms with Gasteiger partial charge in [0.15, 0.2) is 0 Å². The number of rotatable bonds is 3. The average molecular weight is 239 g/mol. The molecule has 98 valence electrons. The second kappa shape index (κ2) is 4.94. The van der Waals surface area contributed by atoms with Crippen LogP contribution in [0.25, 0.3) is 0 Å². The van der Waals surface area contributed by atoms with E-state index in [1.165, 1.54) is 12.8 Å². The summed E-state index contributed by atoms with van der Waals surface area (Å²) in [5.74, 6) is 0.693. The van der Waals surface area contributed by atoms with Gasteiger partial charge in [-0.15, -0.1) is 0 Å². The zero-order valence-corrected chi connectivity index (χ0v) is 11.1. The number of carbonyl (C=O) groups excluding carboxylic acids is 1. The molecule has 2 rings (SSSR count). The van der Waals surface area contributed by atoms with Crippen molar-refractivity contribution in [2.75, 3.05) is 39.8 Å². The van der Waals surface area contributed by atoms with Crippen molar-refractivity contribution in [2.45, 2.75) is 26.2 Å². The molecule has 0 saturated carbocycles. The Kier molecular flexibility index (Phi) is 3.73. The summed E-state index contributed by atoms with van der Waals surface area (Å²) in [5.41, 5.74) is 5.97. The highest BCUT2D eigenvalue weighted by Gasteiger charge is 2.36. The maximum atomic E-state index is 11.9. The van der Waals surface area contributed by atoms with E-state index in [2.05, 4.69) is 18.9 Å². The quantitative estimate of drug-likeness (QED) is 0.781. The lowest BCUT2D eigenvalue weighted by Crippen LogP contribution is -2.44. The van der Waals surface area contributed by atoms with Crippen molar-refractivity contribution in [1.29, 1.82) is 0 Å². The van der Waals surface area contributed by atoms with E-state index in [0.29, 0.717) is 30.2 Å². The van der Waals surface area contributed by atoms with Gasteiger partial charge in [-0.05, 0) is 50.9 Å². The molecule has 4 heteroatoms. The van der Waals surface area contributed by atoms with Crippen LogP contribution in [0.2, 0.25) is 0 Å². The van der Waals surface area contributed by atoms with Crippen LogP contribution in [0.3, 0.4) is 0 Å². The Morgan fingerprint density at radius 2 is 2.06 bits per heavy atom. The number of amides is 1. The second-order valence-corrected chi connectivity index (χ2v) is 6.19. The molecule has 0 bridgehead atoms. The van der Waals surface area contributed by atoms with Crippen molar-refractivity contribution in [1.82, 2.24) is 9.80 Å². The summed E-state index contributed by atoms with van der Waals surface area (Å²) in [6, 6.07) is 0. The highest BCUT2D eigenvalue weighted by atomic mass is 16.2. The van der Waals surface area contributed by atoms with Gasteiger partial charge in [0.1, 0.15) is 0 Å². The minimum absolute atomic E-state index is 0.306. The van der Waals surface area contributed by atoms with E-state index in [1.54, 1.807) is 0 Å². The third kappa shape index (κ3) is 2.99. The first-order chi connectivity index (χ1) is 8.02. The van der Waals surface area contributed by atoms with Crippen molar-refractivity contribution in [2.24, 2.45) is 17.1 Å². The van der Waals surface area contributed by atoms with Gasteiger partial charge in [-0.25, -0.2) is 0 Å². The smallest absolute Gasteiger partial charge is 0.222 e. The predicted molar refractivity (Wildman–Crippen MR) is 68.6 cm³/mol. The molecule has 1 atom stereocenters. The number of piperidine rings is 1. The maximum Gasteiger partial charge on any atom is 0.222 e. The number of hydrogen-bond acceptors (Lipinski definition) is 3. The van der Waals surface area contributed by atoms with Crippen molar-refractivity contribution >= 4 is 5.91 Å². The molecule has 2 heterocycles. The molecule has 0 aromatic rings. The Balaban J connectivity index is 1.90. The third-order valence-electron chi connectivity index (χ3n) is 4.39. The molecule has 2 N–H and O–H groups in total. The van der Waals surface area contributed by atoms with Gasteiger partial charge < -0.3 is 15.5 Å². The molecule has 1 amide bonds. The van der Waals surface area contributed by atoms with Gasteiger partial charge in [-0.2, -0.15) is 0 Å². The van der Waals surface area contributed by atoms with Gasteiger partial charge in [-0.1, -0.05) is 6.92 Å². The molecule has 2 aliphatic rings. The fraction of sp³-hybridized carbons (Fsp3) is 0.923. The van der Waals surface area contributed by atoms with Crippen LogP contribution < -0.4 is 5.73 Å². The number of carbonyl (C=O) groups is 1. The summed E-state index contributed by atoms with van der Waals surface area (Å²) in [4.78, 5) is 16.3. The van der Waals surface area contributed by atoms with Crippen LogP contribution in [0, 0.1) is 11.3 Å². The zero-order chi connectivity index (χ0) is 12.5. The van der Waals surface area contributed by atoms with E-state index in [0.717, 1.165) is 26.2 Å². The van der Waals surface area contributed by atoms with E-state index < -0.39 is 0 Å². The fourth-order valence-electron chi connectivity index (χ4n) is 2.94. The highest BCUT2D eigenvalue weighted by Crippen LogP contribution is 2.33. The summed E-state index contributed by atoms with van der Waals surface area (Å²) < 4.78 is 0. The maximum absolute atomic E-state index is 11.9. The molecule has 0 aromatic carbocycles. The zero-order valence-electron chi connectivity index (χ0n) is 11.1. The Hall–Kier alpha value is -0.610. The van der Waals surface area contributed by atoms with Gasteiger partial charge in [0.2, 0.25) is 5.91 Å². The van der Waals surface area contributed by atoms with Crippen molar-refractivity contribution in [3.8, 4) is 0 Å². The van der Waals surface area contributed by atoms with Crippen LogP contribution in [-0.2, 0) is 4.79 Å². The molecule has 2 fully saturated rings. The van der Waals surface area contributed by atoms with Crippen LogP contribution in [0.1, 0.15) is 26.2 Å². The molecule has 1 unspecified atom stereocenters. The van der Waals surface area contributed by atoms with E-state index in [4.69, 9.17) is 5.73 Å². The van der Waals surface area contributed by atoms with E-state index >= 15 is 0 Å². The summed E-state index contributed by atoms with van der Waals surface area (Å²) in [5, 5.41) is 0. The fourth-order valence-corrected chi connectivity index (χ4v) is 2.94. The van der Waals surface area contributed by atoms with E-state index in [-0.39, 0.29) is 0 Å².